The summed E-state index contributed by atoms with van der Waals surface area (Å²) < 4.78 is 1.61. The number of hydrogen-bond donors (Lipinski definition) is 3. The summed E-state index contributed by atoms with van der Waals surface area (Å²) in [6.07, 6.45) is 0.113. The first-order chi connectivity index (χ1) is 6.15. The van der Waals surface area contributed by atoms with Crippen LogP contribution in [0.25, 0.3) is 0 Å². The van der Waals surface area contributed by atoms with Crippen molar-refractivity contribution in [1.82, 2.24) is 9.78 Å². The van der Waals surface area contributed by atoms with E-state index in [0.29, 0.717) is 6.54 Å². The van der Waals surface area contributed by atoms with Crippen LogP contribution in [-0.2, 0) is 6.54 Å². The van der Waals surface area contributed by atoms with Crippen LogP contribution in [0.3, 0.4) is 0 Å². The molecular weight excluding hydrogens is 170 g/mol. The van der Waals surface area contributed by atoms with Crippen LogP contribution in [0.4, 0.5) is 5.82 Å². The molecule has 1 aromatic rings. The normalized spacial score (nSPS) is 15.4. The third-order valence-electron chi connectivity index (χ3n) is 1.89. The van der Waals surface area contributed by atoms with Gasteiger partial charge in [-0.15, -0.1) is 0 Å². The molecule has 0 aliphatic carbocycles. The molecule has 0 fully saturated rings. The summed E-state index contributed by atoms with van der Waals surface area (Å²) in [5.74, 6) is 0.819. The van der Waals surface area contributed by atoms with Gasteiger partial charge in [-0.3, -0.25) is 0 Å². The first-order valence-electron chi connectivity index (χ1n) is 4.21. The summed E-state index contributed by atoms with van der Waals surface area (Å²) in [6.45, 7) is 1.84. The average Bonchev–Trinajstić information content (AvgIpc) is 2.51. The third kappa shape index (κ3) is 2.43. The summed E-state index contributed by atoms with van der Waals surface area (Å²) in [5.41, 5.74) is 0. The Kier molecular flexibility index (Phi) is 3.27. The molecule has 2 unspecified atom stereocenters. The van der Waals surface area contributed by atoms with Gasteiger partial charge >= 0.3 is 0 Å². The highest BCUT2D eigenvalue weighted by molar-refractivity contribution is 5.32. The zero-order valence-corrected chi connectivity index (χ0v) is 7.81. The lowest BCUT2D eigenvalue weighted by Gasteiger charge is -2.14. The molecule has 0 bridgehead atoms. The summed E-state index contributed by atoms with van der Waals surface area (Å²) in [6, 6.07) is 1.80. The summed E-state index contributed by atoms with van der Waals surface area (Å²) in [5, 5.41) is 25.4. The molecule has 0 aromatic carbocycles. The number of aliphatic hydroxyl groups is 2. The van der Waals surface area contributed by atoms with Crippen LogP contribution >= 0.6 is 0 Å². The minimum atomic E-state index is -0.785. The molecular formula is C8H15N3O2. The van der Waals surface area contributed by atoms with E-state index < -0.39 is 12.2 Å². The van der Waals surface area contributed by atoms with E-state index in [4.69, 9.17) is 5.11 Å². The molecule has 5 heteroatoms. The fourth-order valence-corrected chi connectivity index (χ4v) is 1.02. The van der Waals surface area contributed by atoms with Crippen molar-refractivity contribution in [3.05, 3.63) is 12.3 Å². The van der Waals surface area contributed by atoms with Crippen molar-refractivity contribution in [3.63, 3.8) is 0 Å². The van der Waals surface area contributed by atoms with E-state index in [1.54, 1.807) is 30.9 Å². The number of aliphatic hydroxyl groups excluding tert-OH is 2. The molecule has 0 aliphatic rings. The number of aromatic nitrogens is 2. The van der Waals surface area contributed by atoms with Crippen molar-refractivity contribution in [2.45, 2.75) is 25.7 Å². The van der Waals surface area contributed by atoms with Crippen molar-refractivity contribution in [1.29, 1.82) is 0 Å². The second-order valence-corrected chi connectivity index (χ2v) is 2.96. The highest BCUT2D eigenvalue weighted by atomic mass is 16.3. The maximum atomic E-state index is 9.38. The minimum absolute atomic E-state index is 0.292. The van der Waals surface area contributed by atoms with Gasteiger partial charge in [0.25, 0.3) is 0 Å². The van der Waals surface area contributed by atoms with Gasteiger partial charge in [0.2, 0.25) is 0 Å². The molecule has 1 rings (SSSR count). The summed E-state index contributed by atoms with van der Waals surface area (Å²) in [7, 11) is 1.78. The molecule has 3 N–H and O–H groups in total. The maximum absolute atomic E-state index is 9.38. The quantitative estimate of drug-likeness (QED) is 0.600. The van der Waals surface area contributed by atoms with E-state index in [-0.39, 0.29) is 0 Å². The Morgan fingerprint density at radius 1 is 1.62 bits per heavy atom. The fraction of sp³-hybridized carbons (Fsp3) is 0.625. The van der Waals surface area contributed by atoms with Crippen molar-refractivity contribution in [2.75, 3.05) is 12.4 Å². The van der Waals surface area contributed by atoms with Crippen molar-refractivity contribution in [3.8, 4) is 0 Å². The molecule has 74 valence electrons. The predicted molar refractivity (Wildman–Crippen MR) is 49.5 cm³/mol. The van der Waals surface area contributed by atoms with E-state index in [9.17, 15) is 5.11 Å². The van der Waals surface area contributed by atoms with E-state index in [1.807, 2.05) is 0 Å². The van der Waals surface area contributed by atoms with E-state index in [2.05, 4.69) is 10.4 Å². The van der Waals surface area contributed by atoms with Crippen LogP contribution in [0, 0.1) is 0 Å². The molecule has 1 heterocycles. The zero-order chi connectivity index (χ0) is 9.84. The number of anilines is 1. The first kappa shape index (κ1) is 10.0. The zero-order valence-electron chi connectivity index (χ0n) is 7.81. The SMILES string of the molecule is CNc1ccnn1CC(O)C(C)O. The number of hydrogen-bond acceptors (Lipinski definition) is 4. The highest BCUT2D eigenvalue weighted by Crippen LogP contribution is 2.06. The molecule has 1 aromatic heterocycles. The number of nitrogens with one attached hydrogen (secondary N) is 1. The Labute approximate surface area is 77.0 Å². The minimum Gasteiger partial charge on any atom is -0.391 e. The Bertz CT molecular complexity index is 260. The molecule has 0 aliphatic heterocycles. The van der Waals surface area contributed by atoms with Gasteiger partial charge in [-0.1, -0.05) is 0 Å². The molecule has 13 heavy (non-hydrogen) atoms. The van der Waals surface area contributed by atoms with E-state index >= 15 is 0 Å². The van der Waals surface area contributed by atoms with Gasteiger partial charge in [0, 0.05) is 13.1 Å². The van der Waals surface area contributed by atoms with Crippen LogP contribution < -0.4 is 5.32 Å². The summed E-state index contributed by atoms with van der Waals surface area (Å²) in [4.78, 5) is 0. The van der Waals surface area contributed by atoms with Gasteiger partial charge in [0.05, 0.1) is 24.9 Å². The number of nitrogens with zero attached hydrogens (tertiary/aromatic N) is 2. The lowest BCUT2D eigenvalue weighted by molar-refractivity contribution is 0.0190. The van der Waals surface area contributed by atoms with Gasteiger partial charge in [0.1, 0.15) is 5.82 Å². The molecule has 2 atom stereocenters. The van der Waals surface area contributed by atoms with Gasteiger partial charge in [-0.2, -0.15) is 5.10 Å². The largest absolute Gasteiger partial charge is 0.391 e. The molecule has 0 radical (unpaired) electrons. The van der Waals surface area contributed by atoms with Crippen LogP contribution in [0.5, 0.6) is 0 Å². The van der Waals surface area contributed by atoms with Gasteiger partial charge < -0.3 is 15.5 Å². The third-order valence-corrected chi connectivity index (χ3v) is 1.89. The molecule has 0 saturated heterocycles. The van der Waals surface area contributed by atoms with Gasteiger partial charge in [0.15, 0.2) is 0 Å². The standard InChI is InChI=1S/C8H15N3O2/c1-6(12)7(13)5-11-8(9-2)3-4-10-11/h3-4,6-7,9,12-13H,5H2,1-2H3. The van der Waals surface area contributed by atoms with Crippen LogP contribution in [0.1, 0.15) is 6.92 Å². The summed E-state index contributed by atoms with van der Waals surface area (Å²) >= 11 is 0. The lowest BCUT2D eigenvalue weighted by Crippen LogP contribution is -2.28. The van der Waals surface area contributed by atoms with Crippen LogP contribution in [0.2, 0.25) is 0 Å². The lowest BCUT2D eigenvalue weighted by atomic mass is 10.2. The second kappa shape index (κ2) is 4.25. The fourth-order valence-electron chi connectivity index (χ4n) is 1.02. The van der Waals surface area contributed by atoms with Crippen molar-refractivity contribution >= 4 is 5.82 Å². The first-order valence-corrected chi connectivity index (χ1v) is 4.21. The topological polar surface area (TPSA) is 70.3 Å². The van der Waals surface area contributed by atoms with E-state index in [0.717, 1.165) is 5.82 Å². The smallest absolute Gasteiger partial charge is 0.124 e. The van der Waals surface area contributed by atoms with Crippen molar-refractivity contribution in [2.24, 2.45) is 0 Å². The molecule has 0 amide bonds. The molecule has 5 nitrogen and oxygen atoms in total. The highest BCUT2D eigenvalue weighted by Gasteiger charge is 2.13. The van der Waals surface area contributed by atoms with Gasteiger partial charge in [-0.25, -0.2) is 4.68 Å². The Hall–Kier alpha value is -1.07. The Balaban J connectivity index is 2.62. The Morgan fingerprint density at radius 3 is 2.85 bits per heavy atom. The van der Waals surface area contributed by atoms with E-state index in [1.165, 1.54) is 0 Å². The average molecular weight is 185 g/mol. The molecule has 0 saturated carbocycles. The van der Waals surface area contributed by atoms with Crippen molar-refractivity contribution < 1.29 is 10.2 Å². The molecule has 0 spiro atoms. The second-order valence-electron chi connectivity index (χ2n) is 2.96. The Morgan fingerprint density at radius 2 is 2.31 bits per heavy atom. The van der Waals surface area contributed by atoms with Crippen LogP contribution in [-0.4, -0.2) is 39.2 Å². The maximum Gasteiger partial charge on any atom is 0.124 e. The van der Waals surface area contributed by atoms with Gasteiger partial charge in [-0.05, 0) is 6.92 Å². The van der Waals surface area contributed by atoms with Crippen LogP contribution in [0.15, 0.2) is 12.3 Å². The number of rotatable bonds is 4. The predicted octanol–water partition coefficient (Wildman–Crippen LogP) is -0.333. The monoisotopic (exact) mass is 185 g/mol.